The van der Waals surface area contributed by atoms with Crippen molar-refractivity contribution in [1.29, 1.82) is 0 Å². The van der Waals surface area contributed by atoms with E-state index in [1.807, 2.05) is 12.1 Å². The fraction of sp³-hybridized carbons (Fsp3) is 0.381. The number of methoxy groups -OCH3 is 2. The van der Waals surface area contributed by atoms with E-state index in [0.29, 0.717) is 0 Å². The van der Waals surface area contributed by atoms with E-state index in [-0.39, 0.29) is 22.0 Å². The Morgan fingerprint density at radius 1 is 1.13 bits per heavy atom. The molecular weight excluding hydrogens is 406 g/mol. The van der Waals surface area contributed by atoms with E-state index in [4.69, 9.17) is 9.47 Å². The number of sulfonamides is 1. The maximum absolute atomic E-state index is 13.1. The minimum absolute atomic E-state index is 0.0994. The zero-order valence-corrected chi connectivity index (χ0v) is 18.7. The van der Waals surface area contributed by atoms with Crippen molar-refractivity contribution in [3.05, 3.63) is 47.0 Å². The number of hydrogen-bond acceptors (Lipinski definition) is 6. The molecule has 0 bridgehead atoms. The summed E-state index contributed by atoms with van der Waals surface area (Å²) >= 11 is 0. The molecule has 1 N–H and O–H groups in total. The van der Waals surface area contributed by atoms with Gasteiger partial charge in [-0.1, -0.05) is 12.1 Å². The van der Waals surface area contributed by atoms with Crippen LogP contribution >= 0.6 is 0 Å². The third kappa shape index (κ3) is 4.14. The molecule has 2 aromatic rings. The third-order valence-electron chi connectivity index (χ3n) is 5.19. The van der Waals surface area contributed by atoms with Crippen LogP contribution in [-0.2, 0) is 23.0 Å². The van der Waals surface area contributed by atoms with Gasteiger partial charge in [-0.15, -0.1) is 0 Å². The molecule has 0 atom stereocenters. The molecule has 30 heavy (non-hydrogen) atoms. The number of ether oxygens (including phenoxy) is 2. The van der Waals surface area contributed by atoms with Crippen molar-refractivity contribution in [2.75, 3.05) is 47.2 Å². The SMILES string of the molecule is COc1cc(OC)c(S(=O)(=O)N(C)C)cc1C(=O)Nc1cccc2c1CCN(C)C2. The molecular formula is C21H27N3O5S. The van der Waals surface area contributed by atoms with E-state index in [1.54, 1.807) is 0 Å². The second-order valence-corrected chi connectivity index (χ2v) is 9.50. The van der Waals surface area contributed by atoms with Crippen molar-refractivity contribution in [3.63, 3.8) is 0 Å². The Kier molecular flexibility index (Phi) is 6.35. The first-order valence-electron chi connectivity index (χ1n) is 9.48. The monoisotopic (exact) mass is 433 g/mol. The number of carbonyl (C=O) groups excluding carboxylic acids is 1. The summed E-state index contributed by atoms with van der Waals surface area (Å²) in [7, 11) is 3.87. The molecule has 0 fully saturated rings. The van der Waals surface area contributed by atoms with Crippen LogP contribution in [0.2, 0.25) is 0 Å². The van der Waals surface area contributed by atoms with Crippen molar-refractivity contribution < 1.29 is 22.7 Å². The number of anilines is 1. The van der Waals surface area contributed by atoms with E-state index < -0.39 is 15.9 Å². The molecule has 0 saturated heterocycles. The van der Waals surface area contributed by atoms with Gasteiger partial charge >= 0.3 is 0 Å². The number of likely N-dealkylation sites (N-methyl/N-ethyl adjacent to an activating group) is 1. The highest BCUT2D eigenvalue weighted by Crippen LogP contribution is 2.34. The first-order valence-corrected chi connectivity index (χ1v) is 10.9. The van der Waals surface area contributed by atoms with Gasteiger partial charge < -0.3 is 19.7 Å². The summed E-state index contributed by atoms with van der Waals surface area (Å²) in [6, 6.07) is 8.53. The summed E-state index contributed by atoms with van der Waals surface area (Å²) < 4.78 is 37.1. The Hall–Kier alpha value is -2.62. The number of benzene rings is 2. The van der Waals surface area contributed by atoms with E-state index in [0.717, 1.165) is 35.1 Å². The highest BCUT2D eigenvalue weighted by Gasteiger charge is 2.27. The fourth-order valence-corrected chi connectivity index (χ4v) is 4.56. The zero-order chi connectivity index (χ0) is 22.1. The number of hydrogen-bond donors (Lipinski definition) is 1. The molecule has 1 heterocycles. The number of amides is 1. The molecule has 0 saturated carbocycles. The molecule has 0 aliphatic carbocycles. The van der Waals surface area contributed by atoms with Crippen molar-refractivity contribution in [1.82, 2.24) is 9.21 Å². The topological polar surface area (TPSA) is 88.2 Å². The smallest absolute Gasteiger partial charge is 0.259 e. The predicted molar refractivity (Wildman–Crippen MR) is 115 cm³/mol. The van der Waals surface area contributed by atoms with Crippen LogP contribution in [-0.4, -0.2) is 65.4 Å². The third-order valence-corrected chi connectivity index (χ3v) is 7.03. The van der Waals surface area contributed by atoms with Gasteiger partial charge in [-0.05, 0) is 36.7 Å². The highest BCUT2D eigenvalue weighted by molar-refractivity contribution is 7.89. The lowest BCUT2D eigenvalue weighted by molar-refractivity contribution is 0.102. The average Bonchev–Trinajstić information content (AvgIpc) is 2.72. The summed E-state index contributed by atoms with van der Waals surface area (Å²) in [5, 5.41) is 2.93. The van der Waals surface area contributed by atoms with Gasteiger partial charge in [-0.25, -0.2) is 12.7 Å². The van der Waals surface area contributed by atoms with Crippen LogP contribution in [0.5, 0.6) is 11.5 Å². The van der Waals surface area contributed by atoms with Crippen molar-refractivity contribution in [3.8, 4) is 11.5 Å². The molecule has 9 heteroatoms. The van der Waals surface area contributed by atoms with Crippen LogP contribution in [0.4, 0.5) is 5.69 Å². The molecule has 162 valence electrons. The average molecular weight is 434 g/mol. The number of fused-ring (bicyclic) bond motifs is 1. The minimum atomic E-state index is -3.83. The minimum Gasteiger partial charge on any atom is -0.496 e. The Labute approximate surface area is 177 Å². The van der Waals surface area contributed by atoms with Crippen LogP contribution in [0.25, 0.3) is 0 Å². The van der Waals surface area contributed by atoms with Gasteiger partial charge in [-0.2, -0.15) is 0 Å². The summed E-state index contributed by atoms with van der Waals surface area (Å²) in [6.45, 7) is 1.72. The first-order chi connectivity index (χ1) is 14.2. The van der Waals surface area contributed by atoms with E-state index in [2.05, 4.69) is 23.3 Å². The lowest BCUT2D eigenvalue weighted by Crippen LogP contribution is -2.28. The Morgan fingerprint density at radius 3 is 2.47 bits per heavy atom. The summed E-state index contributed by atoms with van der Waals surface area (Å²) in [4.78, 5) is 15.3. The molecule has 0 radical (unpaired) electrons. The van der Waals surface area contributed by atoms with Crippen LogP contribution in [0.15, 0.2) is 35.2 Å². The van der Waals surface area contributed by atoms with Gasteiger partial charge in [-0.3, -0.25) is 4.79 Å². The standard InChI is InChI=1S/C21H27N3O5S/c1-23(2)30(26,27)20-11-16(18(28-4)12-19(20)29-5)21(25)22-17-8-6-7-14-13-24(3)10-9-15(14)17/h6-8,11-12H,9-10,13H2,1-5H3,(H,22,25). The normalized spacial score (nSPS) is 14.3. The molecule has 0 spiro atoms. The van der Waals surface area contributed by atoms with Crippen LogP contribution in [0, 0.1) is 0 Å². The number of carbonyl (C=O) groups is 1. The summed E-state index contributed by atoms with van der Waals surface area (Å²) in [5.41, 5.74) is 3.10. The number of rotatable bonds is 6. The Balaban J connectivity index is 2.04. The van der Waals surface area contributed by atoms with Gasteiger partial charge in [0.25, 0.3) is 5.91 Å². The van der Waals surface area contributed by atoms with Crippen LogP contribution in [0.1, 0.15) is 21.5 Å². The second-order valence-electron chi connectivity index (χ2n) is 7.38. The Bertz CT molecular complexity index is 1070. The van der Waals surface area contributed by atoms with Crippen LogP contribution in [0.3, 0.4) is 0 Å². The molecule has 0 unspecified atom stereocenters. The van der Waals surface area contributed by atoms with Gasteiger partial charge in [0, 0.05) is 38.9 Å². The fourth-order valence-electron chi connectivity index (χ4n) is 3.50. The maximum Gasteiger partial charge on any atom is 0.259 e. The van der Waals surface area contributed by atoms with Crippen molar-refractivity contribution in [2.24, 2.45) is 0 Å². The zero-order valence-electron chi connectivity index (χ0n) is 17.9. The van der Waals surface area contributed by atoms with Crippen LogP contribution < -0.4 is 14.8 Å². The lowest BCUT2D eigenvalue weighted by Gasteiger charge is -2.27. The molecule has 1 amide bonds. The summed E-state index contributed by atoms with van der Waals surface area (Å²) in [6.07, 6.45) is 0.822. The molecule has 1 aliphatic rings. The molecule has 1 aliphatic heterocycles. The van der Waals surface area contributed by atoms with Gasteiger partial charge in [0.2, 0.25) is 10.0 Å². The van der Waals surface area contributed by atoms with Crippen molar-refractivity contribution >= 4 is 21.6 Å². The van der Waals surface area contributed by atoms with Gasteiger partial charge in [0.15, 0.2) is 0 Å². The molecule has 2 aromatic carbocycles. The largest absolute Gasteiger partial charge is 0.496 e. The van der Waals surface area contributed by atoms with E-state index in [9.17, 15) is 13.2 Å². The second kappa shape index (κ2) is 8.63. The predicted octanol–water partition coefficient (Wildman–Crippen LogP) is 2.19. The van der Waals surface area contributed by atoms with Crippen molar-refractivity contribution in [2.45, 2.75) is 17.9 Å². The molecule has 3 rings (SSSR count). The maximum atomic E-state index is 13.1. The molecule has 8 nitrogen and oxygen atoms in total. The molecule has 0 aromatic heterocycles. The van der Waals surface area contributed by atoms with E-state index >= 15 is 0 Å². The lowest BCUT2D eigenvalue weighted by atomic mass is 9.98. The highest BCUT2D eigenvalue weighted by atomic mass is 32.2. The summed E-state index contributed by atoms with van der Waals surface area (Å²) in [5.74, 6) is -0.110. The first kappa shape index (κ1) is 22.1. The van der Waals surface area contributed by atoms with Gasteiger partial charge in [0.1, 0.15) is 16.4 Å². The Morgan fingerprint density at radius 2 is 1.83 bits per heavy atom. The number of nitrogens with zero attached hydrogens (tertiary/aromatic N) is 2. The quantitative estimate of drug-likeness (QED) is 0.751. The number of nitrogens with one attached hydrogen (secondary N) is 1. The van der Waals surface area contributed by atoms with Gasteiger partial charge in [0.05, 0.1) is 19.8 Å². The van der Waals surface area contributed by atoms with E-state index in [1.165, 1.54) is 46.0 Å².